The molecular formula is C15H13N3O. The summed E-state index contributed by atoms with van der Waals surface area (Å²) in [5, 5.41) is 11.2. The van der Waals surface area contributed by atoms with Crippen molar-refractivity contribution in [3.8, 4) is 0 Å². The Morgan fingerprint density at radius 3 is 1.79 bits per heavy atom. The van der Waals surface area contributed by atoms with E-state index in [9.17, 15) is 4.79 Å². The number of carbonyl (C=O) groups is 1. The lowest BCUT2D eigenvalue weighted by Crippen LogP contribution is -2.41. The van der Waals surface area contributed by atoms with Crippen molar-refractivity contribution >= 4 is 23.1 Å². The van der Waals surface area contributed by atoms with E-state index in [1.807, 2.05) is 60.7 Å². The van der Waals surface area contributed by atoms with Crippen LogP contribution in [0.2, 0.25) is 0 Å². The highest BCUT2D eigenvalue weighted by molar-refractivity contribution is 6.21. The highest BCUT2D eigenvalue weighted by atomic mass is 16.2. The summed E-state index contributed by atoms with van der Waals surface area (Å²) in [6, 6.07) is 18.9. The van der Waals surface area contributed by atoms with Crippen LogP contribution in [0.15, 0.2) is 60.7 Å². The van der Waals surface area contributed by atoms with Gasteiger partial charge >= 0.3 is 0 Å². The Kier molecular flexibility index (Phi) is 2.76. The van der Waals surface area contributed by atoms with Gasteiger partial charge in [-0.25, -0.2) is 10.0 Å². The molecule has 0 saturated carbocycles. The van der Waals surface area contributed by atoms with Crippen LogP contribution < -0.4 is 10.0 Å². The van der Waals surface area contributed by atoms with Gasteiger partial charge in [-0.05, 0) is 24.3 Å². The minimum atomic E-state index is -0.0833. The van der Waals surface area contributed by atoms with Crippen molar-refractivity contribution in [2.45, 2.75) is 6.42 Å². The molecule has 0 aliphatic carbocycles. The molecule has 94 valence electrons. The Morgan fingerprint density at radius 2 is 1.26 bits per heavy atom. The molecule has 0 aromatic heterocycles. The molecule has 0 atom stereocenters. The van der Waals surface area contributed by atoms with Crippen LogP contribution >= 0.6 is 0 Å². The molecule has 2 aromatic rings. The van der Waals surface area contributed by atoms with Crippen molar-refractivity contribution in [3.05, 3.63) is 60.7 Å². The van der Waals surface area contributed by atoms with Gasteiger partial charge in [-0.2, -0.15) is 0 Å². The van der Waals surface area contributed by atoms with Crippen LogP contribution in [0.25, 0.3) is 0 Å². The van der Waals surface area contributed by atoms with Crippen molar-refractivity contribution in [2.24, 2.45) is 0 Å². The van der Waals surface area contributed by atoms with Crippen molar-refractivity contribution in [1.29, 1.82) is 5.41 Å². The predicted octanol–water partition coefficient (Wildman–Crippen LogP) is 2.82. The standard InChI is InChI=1S/C15H13N3O/c16-14-11-15(19)18(13-9-5-2-6-10-13)17(14)12-7-3-1-4-8-12/h1-10,16H,11H2. The predicted molar refractivity (Wildman–Crippen MR) is 75.2 cm³/mol. The number of anilines is 2. The molecule has 4 nitrogen and oxygen atoms in total. The molecule has 1 heterocycles. The summed E-state index contributed by atoms with van der Waals surface area (Å²) in [5.74, 6) is 0.208. The number of para-hydroxylation sites is 2. The number of nitrogens with one attached hydrogen (secondary N) is 1. The van der Waals surface area contributed by atoms with Crippen LogP contribution in [-0.4, -0.2) is 11.7 Å². The molecular weight excluding hydrogens is 238 g/mol. The largest absolute Gasteiger partial charge is 0.286 e. The minimum absolute atomic E-state index is 0.0833. The summed E-state index contributed by atoms with van der Waals surface area (Å²) in [6.07, 6.45) is 0.129. The fourth-order valence-corrected chi connectivity index (χ4v) is 2.19. The molecule has 1 aliphatic heterocycles. The van der Waals surface area contributed by atoms with E-state index in [1.165, 1.54) is 0 Å². The van der Waals surface area contributed by atoms with Gasteiger partial charge in [0.2, 0.25) is 0 Å². The van der Waals surface area contributed by atoms with E-state index in [2.05, 4.69) is 0 Å². The van der Waals surface area contributed by atoms with Gasteiger partial charge in [0, 0.05) is 0 Å². The van der Waals surface area contributed by atoms with Crippen molar-refractivity contribution in [1.82, 2.24) is 0 Å². The average molecular weight is 251 g/mol. The van der Waals surface area contributed by atoms with Crippen LogP contribution in [0.4, 0.5) is 11.4 Å². The molecule has 1 aliphatic rings. The monoisotopic (exact) mass is 251 g/mol. The van der Waals surface area contributed by atoms with Gasteiger partial charge in [-0.15, -0.1) is 0 Å². The maximum atomic E-state index is 12.1. The fraction of sp³-hybridized carbons (Fsp3) is 0.0667. The van der Waals surface area contributed by atoms with Crippen LogP contribution in [-0.2, 0) is 4.79 Å². The molecule has 2 aromatic carbocycles. The van der Waals surface area contributed by atoms with E-state index in [0.29, 0.717) is 5.84 Å². The average Bonchev–Trinajstić information content (AvgIpc) is 2.75. The lowest BCUT2D eigenvalue weighted by molar-refractivity contribution is -0.116. The Bertz CT molecular complexity index is 554. The Balaban J connectivity index is 2.06. The van der Waals surface area contributed by atoms with E-state index in [1.54, 1.807) is 10.0 Å². The van der Waals surface area contributed by atoms with Gasteiger partial charge in [0.05, 0.1) is 17.8 Å². The van der Waals surface area contributed by atoms with Crippen LogP contribution in [0.3, 0.4) is 0 Å². The first-order valence-electron chi connectivity index (χ1n) is 6.08. The number of hydrogen-bond donors (Lipinski definition) is 1. The Labute approximate surface area is 111 Å². The molecule has 1 saturated heterocycles. The van der Waals surface area contributed by atoms with Crippen molar-refractivity contribution < 1.29 is 4.79 Å². The number of amides is 1. The molecule has 0 radical (unpaired) electrons. The van der Waals surface area contributed by atoms with Gasteiger partial charge in [-0.3, -0.25) is 10.2 Å². The van der Waals surface area contributed by atoms with Gasteiger partial charge in [-0.1, -0.05) is 36.4 Å². The third-order valence-corrected chi connectivity index (χ3v) is 3.01. The van der Waals surface area contributed by atoms with E-state index in [-0.39, 0.29) is 12.3 Å². The van der Waals surface area contributed by atoms with E-state index in [4.69, 9.17) is 5.41 Å². The number of hydrazine groups is 1. The smallest absolute Gasteiger partial charge is 0.253 e. The highest BCUT2D eigenvalue weighted by Crippen LogP contribution is 2.28. The highest BCUT2D eigenvalue weighted by Gasteiger charge is 2.35. The Morgan fingerprint density at radius 1 is 0.789 bits per heavy atom. The first-order valence-corrected chi connectivity index (χ1v) is 6.08. The molecule has 0 unspecified atom stereocenters. The van der Waals surface area contributed by atoms with Gasteiger partial charge in [0.25, 0.3) is 5.91 Å². The summed E-state index contributed by atoms with van der Waals surface area (Å²) >= 11 is 0. The summed E-state index contributed by atoms with van der Waals surface area (Å²) in [6.45, 7) is 0. The molecule has 0 bridgehead atoms. The number of benzene rings is 2. The first kappa shape index (κ1) is 11.5. The molecule has 3 rings (SSSR count). The number of rotatable bonds is 2. The normalized spacial score (nSPS) is 15.2. The maximum Gasteiger partial charge on any atom is 0.253 e. The van der Waals surface area contributed by atoms with E-state index >= 15 is 0 Å². The Hall–Kier alpha value is -2.62. The van der Waals surface area contributed by atoms with Gasteiger partial charge in [0.15, 0.2) is 0 Å². The zero-order chi connectivity index (χ0) is 13.2. The second-order valence-electron chi connectivity index (χ2n) is 4.31. The number of amidine groups is 1. The van der Waals surface area contributed by atoms with Gasteiger partial charge < -0.3 is 0 Å². The van der Waals surface area contributed by atoms with E-state index < -0.39 is 0 Å². The van der Waals surface area contributed by atoms with Crippen LogP contribution in [0.5, 0.6) is 0 Å². The summed E-state index contributed by atoms with van der Waals surface area (Å²) in [4.78, 5) is 12.1. The molecule has 1 fully saturated rings. The number of hydrogen-bond acceptors (Lipinski definition) is 2. The number of carbonyl (C=O) groups excluding carboxylic acids is 1. The lowest BCUT2D eigenvalue weighted by atomic mass is 10.3. The lowest BCUT2D eigenvalue weighted by Gasteiger charge is -2.29. The van der Waals surface area contributed by atoms with Crippen molar-refractivity contribution in [2.75, 3.05) is 10.0 Å². The second-order valence-corrected chi connectivity index (χ2v) is 4.31. The van der Waals surface area contributed by atoms with Gasteiger partial charge in [0.1, 0.15) is 5.84 Å². The van der Waals surface area contributed by atoms with E-state index in [0.717, 1.165) is 11.4 Å². The summed E-state index contributed by atoms with van der Waals surface area (Å²) in [5.41, 5.74) is 1.60. The maximum absolute atomic E-state index is 12.1. The third kappa shape index (κ3) is 1.97. The topological polar surface area (TPSA) is 47.4 Å². The fourth-order valence-electron chi connectivity index (χ4n) is 2.19. The first-order chi connectivity index (χ1) is 9.27. The molecule has 1 N–H and O–H groups in total. The number of nitrogens with zero attached hydrogens (tertiary/aromatic N) is 2. The molecule has 4 heteroatoms. The molecule has 0 spiro atoms. The quantitative estimate of drug-likeness (QED) is 0.892. The molecule has 19 heavy (non-hydrogen) atoms. The summed E-state index contributed by atoms with van der Waals surface area (Å²) < 4.78 is 0. The van der Waals surface area contributed by atoms with Crippen LogP contribution in [0.1, 0.15) is 6.42 Å². The molecule has 1 amide bonds. The zero-order valence-electron chi connectivity index (χ0n) is 10.3. The second kappa shape index (κ2) is 4.57. The van der Waals surface area contributed by atoms with Crippen molar-refractivity contribution in [3.63, 3.8) is 0 Å². The minimum Gasteiger partial charge on any atom is -0.286 e. The summed E-state index contributed by atoms with van der Waals surface area (Å²) in [7, 11) is 0. The van der Waals surface area contributed by atoms with Crippen LogP contribution in [0, 0.1) is 5.41 Å². The zero-order valence-corrected chi connectivity index (χ0v) is 10.3. The third-order valence-electron chi connectivity index (χ3n) is 3.01. The SMILES string of the molecule is N=C1CC(=O)N(c2ccccc2)N1c1ccccc1.